The van der Waals surface area contributed by atoms with Crippen molar-refractivity contribution in [2.75, 3.05) is 61.1 Å². The fourth-order valence-corrected chi connectivity index (χ4v) is 4.78. The van der Waals surface area contributed by atoms with Crippen molar-refractivity contribution in [2.45, 2.75) is 69.6 Å². The van der Waals surface area contributed by atoms with Gasteiger partial charge in [-0.3, -0.25) is 24.2 Å². The van der Waals surface area contributed by atoms with Crippen LogP contribution in [0.4, 0.5) is 0 Å². The number of carbonyl (C=O) groups is 3. The summed E-state index contributed by atoms with van der Waals surface area (Å²) in [6.45, 7) is 5.44. The van der Waals surface area contributed by atoms with Crippen LogP contribution >= 0.6 is 0 Å². The number of Topliss-reactive ketones (excluding diaryl/α,β-unsaturated/α-hetero) is 1. The van der Waals surface area contributed by atoms with E-state index in [4.69, 9.17) is 9.47 Å². The summed E-state index contributed by atoms with van der Waals surface area (Å²) in [5.74, 6) is -1.50. The van der Waals surface area contributed by atoms with Gasteiger partial charge in [0.2, 0.25) is 5.91 Å². The Hall–Kier alpha value is -1.55. The molecule has 2 aliphatic rings. The highest BCUT2D eigenvalue weighted by molar-refractivity contribution is 5.98. The molecule has 3 atom stereocenters. The summed E-state index contributed by atoms with van der Waals surface area (Å²) in [7, 11) is 7.28. The fourth-order valence-electron chi connectivity index (χ4n) is 4.78. The topological polar surface area (TPSA) is 99.6 Å². The summed E-state index contributed by atoms with van der Waals surface area (Å²) in [5.41, 5.74) is -0.817. The Bertz CT molecular complexity index is 692. The maximum Gasteiger partial charge on any atom is 0.316 e. The molecular weight excluding hydrogens is 426 g/mol. The molecule has 0 aromatic heterocycles. The number of aliphatic hydroxyl groups is 1. The number of hydrogen-bond donors (Lipinski definition) is 1. The zero-order valence-corrected chi connectivity index (χ0v) is 21.3. The number of nitrogens with zero attached hydrogens (tertiary/aromatic N) is 3. The maximum absolute atomic E-state index is 12.9. The van der Waals surface area contributed by atoms with Crippen molar-refractivity contribution < 1.29 is 29.0 Å². The first kappa shape index (κ1) is 27.7. The third kappa shape index (κ3) is 6.74. The number of methoxy groups -OCH3 is 1. The molecule has 0 aliphatic carbocycles. The van der Waals surface area contributed by atoms with Gasteiger partial charge < -0.3 is 19.5 Å². The summed E-state index contributed by atoms with van der Waals surface area (Å²) in [4.78, 5) is 43.9. The minimum Gasteiger partial charge on any atom is -0.463 e. The lowest BCUT2D eigenvalue weighted by Gasteiger charge is -2.47. The van der Waals surface area contributed by atoms with Crippen molar-refractivity contribution in [3.63, 3.8) is 0 Å². The van der Waals surface area contributed by atoms with Gasteiger partial charge in [-0.1, -0.05) is 0 Å². The standard InChI is InChI=1S/C24H43N3O6/c1-18-20(29)8-10-23(2,32-6)9-7-13-26(5)24(17-33-22(18)31)11-14-27(15-12-24)21(30)19(16-28)25(3)4/h18-19,28H,7-17H2,1-6H3/t18?,19?,23-/m1/s1. The third-order valence-corrected chi connectivity index (χ3v) is 7.81. The highest BCUT2D eigenvalue weighted by atomic mass is 16.5. The number of ketones is 1. The molecule has 0 saturated carbocycles. The third-order valence-electron chi connectivity index (χ3n) is 7.81. The van der Waals surface area contributed by atoms with Gasteiger partial charge in [0, 0.05) is 26.6 Å². The predicted octanol–water partition coefficient (Wildman–Crippen LogP) is 0.929. The second-order valence-electron chi connectivity index (χ2n) is 10.2. The van der Waals surface area contributed by atoms with E-state index in [0.717, 1.165) is 19.4 Å². The number of amides is 1. The molecule has 2 fully saturated rings. The second kappa shape index (κ2) is 11.7. The first-order valence-corrected chi connectivity index (χ1v) is 12.0. The van der Waals surface area contributed by atoms with E-state index in [-0.39, 0.29) is 31.3 Å². The Balaban J connectivity index is 2.19. The van der Waals surface area contributed by atoms with Gasteiger partial charge in [0.05, 0.1) is 17.7 Å². The average Bonchev–Trinajstić information content (AvgIpc) is 2.80. The predicted molar refractivity (Wildman–Crippen MR) is 125 cm³/mol. The summed E-state index contributed by atoms with van der Waals surface area (Å²) in [5, 5.41) is 9.63. The van der Waals surface area contributed by atoms with E-state index < -0.39 is 29.1 Å². The van der Waals surface area contributed by atoms with Crippen LogP contribution in [-0.4, -0.2) is 116 Å². The highest BCUT2D eigenvalue weighted by Crippen LogP contribution is 2.32. The number of likely N-dealkylation sites (tertiary alicyclic amines) is 1. The van der Waals surface area contributed by atoms with E-state index in [0.29, 0.717) is 32.4 Å². The Morgan fingerprint density at radius 1 is 1.21 bits per heavy atom. The molecule has 9 nitrogen and oxygen atoms in total. The first-order valence-electron chi connectivity index (χ1n) is 12.0. The van der Waals surface area contributed by atoms with Crippen LogP contribution in [0.25, 0.3) is 0 Å². The minimum absolute atomic E-state index is 0.0864. The van der Waals surface area contributed by atoms with E-state index in [9.17, 15) is 19.5 Å². The lowest BCUT2D eigenvalue weighted by atomic mass is 9.85. The SMILES string of the molecule is CO[C@]1(C)CCCN(C)C2(CCN(C(=O)C(CO)N(C)C)CC2)COC(=O)C(C)C(=O)CC1. The van der Waals surface area contributed by atoms with Crippen LogP contribution < -0.4 is 0 Å². The van der Waals surface area contributed by atoms with E-state index in [1.807, 2.05) is 14.0 Å². The smallest absolute Gasteiger partial charge is 0.316 e. The maximum atomic E-state index is 12.9. The quantitative estimate of drug-likeness (QED) is 0.480. The molecule has 33 heavy (non-hydrogen) atoms. The van der Waals surface area contributed by atoms with Gasteiger partial charge in [-0.25, -0.2) is 0 Å². The molecule has 1 amide bonds. The molecular formula is C24H43N3O6. The lowest BCUT2D eigenvalue weighted by Crippen LogP contribution is -2.60. The Morgan fingerprint density at radius 3 is 2.39 bits per heavy atom. The van der Waals surface area contributed by atoms with Gasteiger partial charge >= 0.3 is 5.97 Å². The number of likely N-dealkylation sites (N-methyl/N-ethyl adjacent to an activating group) is 2. The van der Waals surface area contributed by atoms with E-state index in [1.54, 1.807) is 37.9 Å². The molecule has 0 aromatic rings. The molecule has 2 saturated heterocycles. The normalized spacial score (nSPS) is 29.2. The highest BCUT2D eigenvalue weighted by Gasteiger charge is 2.42. The molecule has 2 rings (SSSR count). The average molecular weight is 470 g/mol. The number of esters is 1. The number of ether oxygens (including phenoxy) is 2. The van der Waals surface area contributed by atoms with Crippen LogP contribution in [0.15, 0.2) is 0 Å². The summed E-state index contributed by atoms with van der Waals surface area (Å²) >= 11 is 0. The summed E-state index contributed by atoms with van der Waals surface area (Å²) in [6, 6.07) is -0.562. The monoisotopic (exact) mass is 469 g/mol. The van der Waals surface area contributed by atoms with Crippen molar-refractivity contribution in [3.05, 3.63) is 0 Å². The van der Waals surface area contributed by atoms with Crippen LogP contribution in [-0.2, 0) is 23.9 Å². The zero-order chi connectivity index (χ0) is 24.8. The lowest BCUT2D eigenvalue weighted by molar-refractivity contribution is -0.158. The molecule has 1 spiro atoms. The van der Waals surface area contributed by atoms with Crippen molar-refractivity contribution in [1.82, 2.24) is 14.7 Å². The van der Waals surface area contributed by atoms with Gasteiger partial charge in [0.15, 0.2) is 0 Å². The van der Waals surface area contributed by atoms with E-state index in [1.165, 1.54) is 0 Å². The number of rotatable bonds is 4. The number of cyclic esters (lactones) is 1. The largest absolute Gasteiger partial charge is 0.463 e. The number of aliphatic hydroxyl groups excluding tert-OH is 1. The fraction of sp³-hybridized carbons (Fsp3) is 0.875. The van der Waals surface area contributed by atoms with Crippen molar-refractivity contribution in [2.24, 2.45) is 5.92 Å². The van der Waals surface area contributed by atoms with Crippen LogP contribution in [0.2, 0.25) is 0 Å². The molecule has 0 radical (unpaired) electrons. The number of carbonyl (C=O) groups excluding carboxylic acids is 3. The van der Waals surface area contributed by atoms with Crippen LogP contribution in [0.3, 0.4) is 0 Å². The molecule has 9 heteroatoms. The molecule has 1 N–H and O–H groups in total. The second-order valence-corrected chi connectivity index (χ2v) is 10.2. The van der Waals surface area contributed by atoms with Crippen LogP contribution in [0.5, 0.6) is 0 Å². The van der Waals surface area contributed by atoms with Crippen molar-refractivity contribution in [3.8, 4) is 0 Å². The van der Waals surface area contributed by atoms with Gasteiger partial charge in [0.25, 0.3) is 0 Å². The summed E-state index contributed by atoms with van der Waals surface area (Å²) in [6.07, 6.45) is 3.86. The Morgan fingerprint density at radius 2 is 1.85 bits per heavy atom. The van der Waals surface area contributed by atoms with E-state index in [2.05, 4.69) is 4.90 Å². The Labute approximate surface area is 198 Å². The van der Waals surface area contributed by atoms with Crippen LogP contribution in [0, 0.1) is 5.92 Å². The number of piperidine rings is 1. The Kier molecular flexibility index (Phi) is 9.84. The summed E-state index contributed by atoms with van der Waals surface area (Å²) < 4.78 is 11.4. The number of hydrogen-bond acceptors (Lipinski definition) is 8. The van der Waals surface area contributed by atoms with Crippen molar-refractivity contribution in [1.29, 1.82) is 0 Å². The van der Waals surface area contributed by atoms with Gasteiger partial charge in [-0.2, -0.15) is 0 Å². The minimum atomic E-state index is -0.804. The van der Waals surface area contributed by atoms with E-state index >= 15 is 0 Å². The molecule has 2 unspecified atom stereocenters. The van der Waals surface area contributed by atoms with Crippen LogP contribution in [0.1, 0.15) is 52.4 Å². The van der Waals surface area contributed by atoms with Gasteiger partial charge in [-0.05, 0) is 73.6 Å². The molecule has 0 bridgehead atoms. The van der Waals surface area contributed by atoms with Gasteiger partial charge in [-0.15, -0.1) is 0 Å². The van der Waals surface area contributed by atoms with Gasteiger partial charge in [0.1, 0.15) is 24.3 Å². The molecule has 0 aromatic carbocycles. The first-order chi connectivity index (χ1) is 15.5. The zero-order valence-electron chi connectivity index (χ0n) is 21.3. The van der Waals surface area contributed by atoms with Crippen molar-refractivity contribution >= 4 is 17.7 Å². The molecule has 2 heterocycles. The molecule has 190 valence electrons. The molecule has 2 aliphatic heterocycles.